The van der Waals surface area contributed by atoms with Crippen molar-refractivity contribution in [3.8, 4) is 0 Å². The summed E-state index contributed by atoms with van der Waals surface area (Å²) in [6, 6.07) is 6.73. The Morgan fingerprint density at radius 1 is 1.54 bits per heavy atom. The molecule has 1 unspecified atom stereocenters. The van der Waals surface area contributed by atoms with Gasteiger partial charge in [0.1, 0.15) is 0 Å². The van der Waals surface area contributed by atoms with Crippen LogP contribution in [0.25, 0.3) is 0 Å². The van der Waals surface area contributed by atoms with Crippen LogP contribution in [0, 0.1) is 0 Å². The summed E-state index contributed by atoms with van der Waals surface area (Å²) in [6.45, 7) is 0. The zero-order valence-corrected chi connectivity index (χ0v) is 7.79. The van der Waals surface area contributed by atoms with E-state index in [9.17, 15) is 4.79 Å². The summed E-state index contributed by atoms with van der Waals surface area (Å²) in [5, 5.41) is 0.609. The third-order valence-electron chi connectivity index (χ3n) is 1.70. The first-order chi connectivity index (χ1) is 6.09. The molecule has 0 aliphatic rings. The first-order valence-corrected chi connectivity index (χ1v) is 4.26. The van der Waals surface area contributed by atoms with Gasteiger partial charge in [-0.15, -0.1) is 0 Å². The fraction of sp³-hybridized carbons (Fsp3) is 0.222. The Kier molecular flexibility index (Phi) is 3.28. The minimum atomic E-state index is -0.410. The summed E-state index contributed by atoms with van der Waals surface area (Å²) >= 11 is 5.75. The van der Waals surface area contributed by atoms with E-state index in [1.807, 2.05) is 6.07 Å². The summed E-state index contributed by atoms with van der Waals surface area (Å²) in [4.78, 5) is 10.6. The van der Waals surface area contributed by atoms with Gasteiger partial charge in [-0.1, -0.05) is 23.7 Å². The van der Waals surface area contributed by atoms with E-state index in [0.717, 1.165) is 5.56 Å². The zero-order valence-electron chi connectivity index (χ0n) is 7.03. The molecule has 70 valence electrons. The third-order valence-corrected chi connectivity index (χ3v) is 1.93. The molecular weight excluding hydrogens is 188 g/mol. The van der Waals surface area contributed by atoms with Crippen LogP contribution in [0.4, 0.5) is 0 Å². The summed E-state index contributed by atoms with van der Waals surface area (Å²) in [5.74, 6) is -0.410. The topological polar surface area (TPSA) is 69.1 Å². The van der Waals surface area contributed by atoms with E-state index < -0.39 is 5.91 Å². The maximum Gasteiger partial charge on any atom is 0.219 e. The van der Waals surface area contributed by atoms with Gasteiger partial charge in [-0.2, -0.15) is 0 Å². The van der Waals surface area contributed by atoms with E-state index in [1.54, 1.807) is 18.2 Å². The lowest BCUT2D eigenvalue weighted by molar-refractivity contribution is -0.118. The highest BCUT2D eigenvalue weighted by molar-refractivity contribution is 6.30. The van der Waals surface area contributed by atoms with Gasteiger partial charge in [-0.3, -0.25) is 4.79 Å². The van der Waals surface area contributed by atoms with Crippen molar-refractivity contribution in [3.05, 3.63) is 34.9 Å². The van der Waals surface area contributed by atoms with E-state index >= 15 is 0 Å². The van der Waals surface area contributed by atoms with Gasteiger partial charge in [0.25, 0.3) is 0 Å². The van der Waals surface area contributed by atoms with Gasteiger partial charge in [0, 0.05) is 17.5 Å². The van der Waals surface area contributed by atoms with Crippen molar-refractivity contribution in [3.63, 3.8) is 0 Å². The number of hydrogen-bond donors (Lipinski definition) is 2. The number of carbonyl (C=O) groups excluding carboxylic acids is 1. The van der Waals surface area contributed by atoms with E-state index in [1.165, 1.54) is 0 Å². The first-order valence-electron chi connectivity index (χ1n) is 3.89. The highest BCUT2D eigenvalue weighted by Crippen LogP contribution is 2.17. The maximum atomic E-state index is 10.6. The summed E-state index contributed by atoms with van der Waals surface area (Å²) < 4.78 is 0. The molecule has 0 aliphatic heterocycles. The minimum absolute atomic E-state index is 0.139. The van der Waals surface area contributed by atoms with Crippen molar-refractivity contribution >= 4 is 17.5 Å². The molecule has 0 aromatic heterocycles. The predicted molar refractivity (Wildman–Crippen MR) is 52.2 cm³/mol. The number of amides is 1. The molecule has 1 rings (SSSR count). The smallest absolute Gasteiger partial charge is 0.219 e. The standard InChI is InChI=1S/C9H11ClN2O/c10-7-3-1-2-6(4-7)8(11)5-9(12)13/h1-4,8H,5,11H2,(H2,12,13). The van der Waals surface area contributed by atoms with Gasteiger partial charge in [0.05, 0.1) is 0 Å². The Morgan fingerprint density at radius 2 is 2.23 bits per heavy atom. The summed E-state index contributed by atoms with van der Waals surface area (Å²) in [7, 11) is 0. The van der Waals surface area contributed by atoms with Crippen molar-refractivity contribution < 1.29 is 4.79 Å². The second-order valence-electron chi connectivity index (χ2n) is 2.83. The minimum Gasteiger partial charge on any atom is -0.370 e. The van der Waals surface area contributed by atoms with E-state index in [2.05, 4.69) is 0 Å². The molecule has 3 nitrogen and oxygen atoms in total. The number of halogens is 1. The Labute approximate surface area is 81.7 Å². The van der Waals surface area contributed by atoms with E-state index in [4.69, 9.17) is 23.1 Å². The predicted octanol–water partition coefficient (Wildman–Crippen LogP) is 1.22. The number of hydrogen-bond acceptors (Lipinski definition) is 2. The monoisotopic (exact) mass is 198 g/mol. The molecule has 1 atom stereocenters. The lowest BCUT2D eigenvalue weighted by Crippen LogP contribution is -2.20. The molecule has 0 bridgehead atoms. The van der Waals surface area contributed by atoms with Crippen molar-refractivity contribution in [1.82, 2.24) is 0 Å². The molecule has 13 heavy (non-hydrogen) atoms. The Hall–Kier alpha value is -1.06. The molecule has 4 heteroatoms. The van der Waals surface area contributed by atoms with E-state index in [-0.39, 0.29) is 12.5 Å². The highest BCUT2D eigenvalue weighted by Gasteiger charge is 2.08. The van der Waals surface area contributed by atoms with Gasteiger partial charge in [0.15, 0.2) is 0 Å². The molecule has 1 amide bonds. The van der Waals surface area contributed by atoms with Crippen LogP contribution in [0.5, 0.6) is 0 Å². The van der Waals surface area contributed by atoms with Crippen LogP contribution in [0.15, 0.2) is 24.3 Å². The molecule has 0 spiro atoms. The van der Waals surface area contributed by atoms with Crippen molar-refractivity contribution in [2.45, 2.75) is 12.5 Å². The molecule has 0 aliphatic carbocycles. The van der Waals surface area contributed by atoms with Crippen LogP contribution in [0.2, 0.25) is 5.02 Å². The molecular formula is C9H11ClN2O. The molecule has 0 saturated heterocycles. The largest absolute Gasteiger partial charge is 0.370 e. The number of nitrogens with two attached hydrogens (primary N) is 2. The fourth-order valence-corrected chi connectivity index (χ4v) is 1.27. The molecule has 0 heterocycles. The number of benzene rings is 1. The lowest BCUT2D eigenvalue weighted by Gasteiger charge is -2.09. The Balaban J connectivity index is 2.76. The van der Waals surface area contributed by atoms with Crippen LogP contribution < -0.4 is 11.5 Å². The van der Waals surface area contributed by atoms with Crippen LogP contribution in [0.3, 0.4) is 0 Å². The van der Waals surface area contributed by atoms with Crippen LogP contribution in [-0.4, -0.2) is 5.91 Å². The van der Waals surface area contributed by atoms with Gasteiger partial charge < -0.3 is 11.5 Å². The number of carbonyl (C=O) groups is 1. The number of rotatable bonds is 3. The van der Waals surface area contributed by atoms with Crippen molar-refractivity contribution in [2.24, 2.45) is 11.5 Å². The van der Waals surface area contributed by atoms with Gasteiger partial charge in [0.2, 0.25) is 5.91 Å². The first kappa shape index (κ1) is 10.0. The third kappa shape index (κ3) is 3.05. The second-order valence-corrected chi connectivity index (χ2v) is 3.27. The van der Waals surface area contributed by atoms with Gasteiger partial charge >= 0.3 is 0 Å². The molecule has 0 fully saturated rings. The SMILES string of the molecule is NC(=O)CC(N)c1cccc(Cl)c1. The van der Waals surface area contributed by atoms with E-state index in [0.29, 0.717) is 5.02 Å². The van der Waals surface area contributed by atoms with Crippen molar-refractivity contribution in [2.75, 3.05) is 0 Å². The Bertz CT molecular complexity index is 314. The molecule has 0 radical (unpaired) electrons. The van der Waals surface area contributed by atoms with Crippen LogP contribution in [-0.2, 0) is 4.79 Å². The Morgan fingerprint density at radius 3 is 2.77 bits per heavy atom. The maximum absolute atomic E-state index is 10.6. The summed E-state index contributed by atoms with van der Waals surface area (Å²) in [5.41, 5.74) is 11.5. The van der Waals surface area contributed by atoms with Crippen molar-refractivity contribution in [1.29, 1.82) is 0 Å². The fourth-order valence-electron chi connectivity index (χ4n) is 1.07. The molecule has 4 N–H and O–H groups in total. The highest BCUT2D eigenvalue weighted by atomic mass is 35.5. The van der Waals surface area contributed by atoms with Gasteiger partial charge in [-0.05, 0) is 17.7 Å². The van der Waals surface area contributed by atoms with Crippen LogP contribution >= 0.6 is 11.6 Å². The molecule has 1 aromatic carbocycles. The number of primary amides is 1. The second kappa shape index (κ2) is 4.25. The molecule has 0 saturated carbocycles. The average Bonchev–Trinajstić information content (AvgIpc) is 2.03. The lowest BCUT2D eigenvalue weighted by atomic mass is 10.0. The quantitative estimate of drug-likeness (QED) is 0.767. The van der Waals surface area contributed by atoms with Gasteiger partial charge in [-0.25, -0.2) is 0 Å². The normalized spacial score (nSPS) is 12.5. The van der Waals surface area contributed by atoms with Crippen LogP contribution in [0.1, 0.15) is 18.0 Å². The zero-order chi connectivity index (χ0) is 9.84. The average molecular weight is 199 g/mol. The summed E-state index contributed by atoms with van der Waals surface area (Å²) in [6.07, 6.45) is 0.139. The molecule has 1 aromatic rings.